The first-order valence-electron chi connectivity index (χ1n) is 8.06. The van der Waals surface area contributed by atoms with Gasteiger partial charge in [-0.1, -0.05) is 0 Å². The maximum atomic E-state index is 11.9. The van der Waals surface area contributed by atoms with Crippen LogP contribution in [0.25, 0.3) is 0 Å². The van der Waals surface area contributed by atoms with Gasteiger partial charge in [-0.2, -0.15) is 0 Å². The average molecular weight is 357 g/mol. The Hall–Kier alpha value is -3.06. The van der Waals surface area contributed by atoms with Crippen molar-refractivity contribution in [1.29, 1.82) is 0 Å². The van der Waals surface area contributed by atoms with Crippen LogP contribution in [-0.2, 0) is 6.42 Å². The van der Waals surface area contributed by atoms with Gasteiger partial charge in [-0.05, 0) is 36.4 Å². The molecule has 1 aliphatic rings. The van der Waals surface area contributed by atoms with Crippen LogP contribution < -0.4 is 9.47 Å². The lowest BCUT2D eigenvalue weighted by atomic mass is 10.1. The first kappa shape index (κ1) is 17.8. The van der Waals surface area contributed by atoms with Gasteiger partial charge in [0.05, 0.1) is 12.2 Å². The van der Waals surface area contributed by atoms with Gasteiger partial charge in [0.25, 0.3) is 5.91 Å². The molecule has 0 spiro atoms. The number of rotatable bonds is 5. The third kappa shape index (κ3) is 3.48. The van der Waals surface area contributed by atoms with Crippen LogP contribution in [0.15, 0.2) is 36.4 Å². The second kappa shape index (κ2) is 7.05. The Labute approximate surface area is 150 Å². The molecule has 2 N–H and O–H groups in total. The zero-order valence-electron chi connectivity index (χ0n) is 14.4. The molecule has 1 unspecified atom stereocenters. The van der Waals surface area contributed by atoms with Gasteiger partial charge in [0, 0.05) is 31.6 Å². The van der Waals surface area contributed by atoms with Crippen LogP contribution in [-0.4, -0.2) is 53.8 Å². The summed E-state index contributed by atoms with van der Waals surface area (Å²) in [6.45, 7) is -0.169. The van der Waals surface area contributed by atoms with Crippen LogP contribution in [0.5, 0.6) is 17.2 Å². The number of nitrogens with zero attached hydrogens (tertiary/aromatic N) is 1. The van der Waals surface area contributed by atoms with E-state index >= 15 is 0 Å². The third-order valence-electron chi connectivity index (χ3n) is 4.08. The highest BCUT2D eigenvalue weighted by Gasteiger charge is 2.28. The van der Waals surface area contributed by atoms with Crippen LogP contribution in [0.3, 0.4) is 0 Å². The molecule has 1 amide bonds. The van der Waals surface area contributed by atoms with Crippen LogP contribution in [0.4, 0.5) is 0 Å². The molecule has 1 heterocycles. The Morgan fingerprint density at radius 2 is 1.88 bits per heavy atom. The van der Waals surface area contributed by atoms with Crippen molar-refractivity contribution in [3.05, 3.63) is 53.1 Å². The number of amides is 1. The van der Waals surface area contributed by atoms with E-state index in [1.165, 1.54) is 17.0 Å². The molecule has 0 aliphatic carbocycles. The number of benzene rings is 2. The molecule has 0 saturated carbocycles. The Morgan fingerprint density at radius 3 is 2.46 bits per heavy atom. The van der Waals surface area contributed by atoms with E-state index in [-0.39, 0.29) is 18.1 Å². The van der Waals surface area contributed by atoms with Crippen LogP contribution >= 0.6 is 0 Å². The summed E-state index contributed by atoms with van der Waals surface area (Å²) in [5, 5.41) is 18.6. The molecular formula is C19H19NO6. The van der Waals surface area contributed by atoms with Crippen molar-refractivity contribution < 1.29 is 29.3 Å². The normalized spacial score (nSPS) is 15.1. The minimum atomic E-state index is -1.10. The Kier molecular flexibility index (Phi) is 4.81. The molecule has 2 aromatic rings. The Balaban J connectivity index is 1.90. The number of aromatic carboxylic acids is 1. The number of carboxylic acids is 1. The van der Waals surface area contributed by atoms with Gasteiger partial charge in [-0.3, -0.25) is 4.79 Å². The topological polar surface area (TPSA) is 96.3 Å². The molecular weight excluding hydrogens is 338 g/mol. The number of carbonyl (C=O) groups is 2. The number of aliphatic hydroxyl groups is 1. The number of aliphatic hydroxyl groups excluding tert-OH is 1. The van der Waals surface area contributed by atoms with Gasteiger partial charge >= 0.3 is 5.97 Å². The molecule has 0 radical (unpaired) electrons. The lowest BCUT2D eigenvalue weighted by molar-refractivity contribution is 0.0695. The summed E-state index contributed by atoms with van der Waals surface area (Å²) in [5.41, 5.74) is 1.27. The van der Waals surface area contributed by atoms with Crippen molar-refractivity contribution in [3.8, 4) is 17.2 Å². The van der Waals surface area contributed by atoms with E-state index in [4.69, 9.17) is 9.47 Å². The number of fused-ring (bicyclic) bond motifs is 1. The van der Waals surface area contributed by atoms with Crippen molar-refractivity contribution >= 4 is 11.9 Å². The lowest BCUT2D eigenvalue weighted by Gasteiger charge is -2.13. The quantitative estimate of drug-likeness (QED) is 0.851. The van der Waals surface area contributed by atoms with E-state index in [1.54, 1.807) is 38.4 Å². The molecule has 1 atom stereocenters. The fourth-order valence-corrected chi connectivity index (χ4v) is 2.74. The van der Waals surface area contributed by atoms with Crippen molar-refractivity contribution in [2.24, 2.45) is 0 Å². The maximum absolute atomic E-state index is 11.9. The second-order valence-corrected chi connectivity index (χ2v) is 6.21. The minimum absolute atomic E-state index is 0.0387. The van der Waals surface area contributed by atoms with Crippen LogP contribution in [0, 0.1) is 0 Å². The summed E-state index contributed by atoms with van der Waals surface area (Å²) in [6, 6.07) is 9.45. The van der Waals surface area contributed by atoms with E-state index in [2.05, 4.69) is 0 Å². The summed E-state index contributed by atoms with van der Waals surface area (Å²) in [7, 11) is 3.34. The first-order valence-corrected chi connectivity index (χ1v) is 8.06. The largest absolute Gasteiger partial charge is 0.487 e. The summed E-state index contributed by atoms with van der Waals surface area (Å²) in [5.74, 6) is 0.0171. The summed E-state index contributed by atoms with van der Waals surface area (Å²) in [4.78, 5) is 24.8. The summed E-state index contributed by atoms with van der Waals surface area (Å²) < 4.78 is 11.4. The number of hydrogen-bond acceptors (Lipinski definition) is 5. The fourth-order valence-electron chi connectivity index (χ4n) is 2.74. The number of hydrogen-bond donors (Lipinski definition) is 2. The van der Waals surface area contributed by atoms with Gasteiger partial charge in [-0.15, -0.1) is 0 Å². The van der Waals surface area contributed by atoms with Crippen molar-refractivity contribution in [2.45, 2.75) is 12.5 Å². The molecule has 0 saturated heterocycles. The molecule has 1 aliphatic heterocycles. The molecule has 0 aromatic heterocycles. The molecule has 136 valence electrons. The lowest BCUT2D eigenvalue weighted by Crippen LogP contribution is -2.21. The minimum Gasteiger partial charge on any atom is -0.487 e. The summed E-state index contributed by atoms with van der Waals surface area (Å²) >= 11 is 0. The smallest absolute Gasteiger partial charge is 0.335 e. The number of ether oxygens (including phenoxy) is 2. The van der Waals surface area contributed by atoms with Crippen molar-refractivity contribution in [2.75, 3.05) is 20.7 Å². The molecule has 7 heteroatoms. The molecule has 2 aromatic carbocycles. The first-order chi connectivity index (χ1) is 12.4. The van der Waals surface area contributed by atoms with E-state index in [9.17, 15) is 19.8 Å². The zero-order valence-corrected chi connectivity index (χ0v) is 14.4. The zero-order chi connectivity index (χ0) is 18.8. The Bertz CT molecular complexity index is 844. The average Bonchev–Trinajstić information content (AvgIpc) is 3.05. The number of carboxylic acid groups (broad SMARTS) is 1. The number of carbonyl (C=O) groups excluding carboxylic acids is 1. The second-order valence-electron chi connectivity index (χ2n) is 6.21. The highest BCUT2D eigenvalue weighted by Crippen LogP contribution is 2.39. The molecule has 7 nitrogen and oxygen atoms in total. The van der Waals surface area contributed by atoms with Gasteiger partial charge in [-0.25, -0.2) is 4.79 Å². The molecule has 26 heavy (non-hydrogen) atoms. The van der Waals surface area contributed by atoms with Gasteiger partial charge < -0.3 is 24.6 Å². The molecule has 0 fully saturated rings. The maximum Gasteiger partial charge on any atom is 0.335 e. The molecule has 3 rings (SSSR count). The third-order valence-corrected chi connectivity index (χ3v) is 4.08. The predicted octanol–water partition coefficient (Wildman–Crippen LogP) is 2.17. The van der Waals surface area contributed by atoms with Crippen molar-refractivity contribution in [1.82, 2.24) is 4.90 Å². The highest BCUT2D eigenvalue weighted by atomic mass is 16.5. The van der Waals surface area contributed by atoms with Gasteiger partial charge in [0.1, 0.15) is 23.4 Å². The van der Waals surface area contributed by atoms with E-state index < -0.39 is 12.1 Å². The Morgan fingerprint density at radius 1 is 1.19 bits per heavy atom. The van der Waals surface area contributed by atoms with Gasteiger partial charge in [0.2, 0.25) is 0 Å². The highest BCUT2D eigenvalue weighted by molar-refractivity contribution is 5.94. The monoisotopic (exact) mass is 357 g/mol. The fraction of sp³-hybridized carbons (Fsp3) is 0.263. The van der Waals surface area contributed by atoms with E-state index in [1.807, 2.05) is 0 Å². The standard InChI is InChI=1S/C19H19NO6/c1-20(2)18(22)11-3-5-13(6-4-11)25-16-7-12(19(23)24)8-17-15(16)9-14(10-21)26-17/h3-8,14,21H,9-10H2,1-2H3,(H,23,24). The van der Waals surface area contributed by atoms with Gasteiger partial charge in [0.15, 0.2) is 0 Å². The van der Waals surface area contributed by atoms with Crippen molar-refractivity contribution in [3.63, 3.8) is 0 Å². The van der Waals surface area contributed by atoms with E-state index in [0.29, 0.717) is 34.8 Å². The summed E-state index contributed by atoms with van der Waals surface area (Å²) in [6.07, 6.45) is 0.00891. The van der Waals surface area contributed by atoms with E-state index in [0.717, 1.165) is 0 Å². The molecule has 0 bridgehead atoms. The van der Waals surface area contributed by atoms with Crippen LogP contribution in [0.2, 0.25) is 0 Å². The van der Waals surface area contributed by atoms with Crippen LogP contribution in [0.1, 0.15) is 26.3 Å². The SMILES string of the molecule is CN(C)C(=O)c1ccc(Oc2cc(C(=O)O)cc3c2CC(CO)O3)cc1. The predicted molar refractivity (Wildman–Crippen MR) is 93.1 cm³/mol.